The van der Waals surface area contributed by atoms with Crippen LogP contribution in [0.4, 0.5) is 0 Å². The summed E-state index contributed by atoms with van der Waals surface area (Å²) < 4.78 is 0. The van der Waals surface area contributed by atoms with E-state index in [1.807, 2.05) is 0 Å². The summed E-state index contributed by atoms with van der Waals surface area (Å²) in [5.74, 6) is 1.56. The summed E-state index contributed by atoms with van der Waals surface area (Å²) in [4.78, 5) is 10.3. The Morgan fingerprint density at radius 1 is 1.26 bits per heavy atom. The van der Waals surface area contributed by atoms with Gasteiger partial charge in [0, 0.05) is 6.54 Å². The quantitative estimate of drug-likeness (QED) is 0.562. The van der Waals surface area contributed by atoms with Crippen molar-refractivity contribution >= 4 is 6.41 Å². The van der Waals surface area contributed by atoms with Gasteiger partial charge in [-0.3, -0.25) is 4.79 Å². The lowest BCUT2D eigenvalue weighted by molar-refractivity contribution is -0.109. The van der Waals surface area contributed by atoms with Gasteiger partial charge in [0.25, 0.3) is 0 Å². The second-order valence-electron chi connectivity index (χ2n) is 5.99. The average molecular weight is 259 g/mol. The van der Waals surface area contributed by atoms with Gasteiger partial charge in [-0.1, -0.05) is 44.9 Å². The number of benzene rings is 1. The van der Waals surface area contributed by atoms with Crippen LogP contribution in [-0.2, 0) is 17.6 Å². The molecule has 1 N–H and O–H groups in total. The highest BCUT2D eigenvalue weighted by molar-refractivity contribution is 5.46. The molecule has 0 aliphatic heterocycles. The van der Waals surface area contributed by atoms with Crippen LogP contribution in [-0.4, -0.2) is 13.0 Å². The number of hydrogen-bond donors (Lipinski definition) is 1. The van der Waals surface area contributed by atoms with Crippen molar-refractivity contribution in [3.05, 3.63) is 34.9 Å². The fraction of sp³-hybridized carbons (Fsp3) is 0.588. The van der Waals surface area contributed by atoms with Crippen molar-refractivity contribution in [2.75, 3.05) is 6.54 Å². The topological polar surface area (TPSA) is 29.1 Å². The summed E-state index contributed by atoms with van der Waals surface area (Å²) in [5.41, 5.74) is 4.32. The molecule has 0 bridgehead atoms. The summed E-state index contributed by atoms with van der Waals surface area (Å²) in [7, 11) is 0. The zero-order valence-corrected chi connectivity index (χ0v) is 12.1. The Labute approximate surface area is 116 Å². The van der Waals surface area contributed by atoms with Crippen molar-refractivity contribution in [3.63, 3.8) is 0 Å². The highest BCUT2D eigenvalue weighted by atomic mass is 16.1. The van der Waals surface area contributed by atoms with E-state index in [4.69, 9.17) is 0 Å². The zero-order valence-electron chi connectivity index (χ0n) is 12.1. The summed E-state index contributed by atoms with van der Waals surface area (Å²) in [6.45, 7) is 5.22. The molecule has 0 heterocycles. The number of aryl methyl sites for hydroxylation is 1. The predicted molar refractivity (Wildman–Crippen MR) is 79.3 cm³/mol. The molecule has 2 heteroatoms. The molecule has 1 aliphatic carbocycles. The van der Waals surface area contributed by atoms with Crippen molar-refractivity contribution in [3.8, 4) is 0 Å². The van der Waals surface area contributed by atoms with Crippen molar-refractivity contribution in [1.29, 1.82) is 0 Å². The molecule has 19 heavy (non-hydrogen) atoms. The van der Waals surface area contributed by atoms with Crippen LogP contribution in [0.15, 0.2) is 18.2 Å². The van der Waals surface area contributed by atoms with Crippen molar-refractivity contribution < 1.29 is 4.79 Å². The van der Waals surface area contributed by atoms with Crippen LogP contribution in [0.2, 0.25) is 0 Å². The Hall–Kier alpha value is -1.31. The van der Waals surface area contributed by atoms with Gasteiger partial charge in [0.05, 0.1) is 0 Å². The molecule has 104 valence electrons. The number of amides is 1. The van der Waals surface area contributed by atoms with E-state index < -0.39 is 0 Å². The van der Waals surface area contributed by atoms with Crippen LogP contribution in [0.1, 0.15) is 55.7 Å². The van der Waals surface area contributed by atoms with Crippen LogP contribution < -0.4 is 5.32 Å². The molecule has 0 aromatic heterocycles. The van der Waals surface area contributed by atoms with Crippen LogP contribution in [0.25, 0.3) is 0 Å². The van der Waals surface area contributed by atoms with Crippen LogP contribution in [0.5, 0.6) is 0 Å². The van der Waals surface area contributed by atoms with Gasteiger partial charge in [0.1, 0.15) is 0 Å². The molecule has 0 saturated heterocycles. The molecular weight excluding hydrogens is 234 g/mol. The third kappa shape index (κ3) is 4.38. The normalized spacial score (nSPS) is 14.7. The average Bonchev–Trinajstić information content (AvgIpc) is 3.21. The van der Waals surface area contributed by atoms with Gasteiger partial charge in [0.2, 0.25) is 6.41 Å². The minimum absolute atomic E-state index is 0.585. The smallest absolute Gasteiger partial charge is 0.207 e. The SMILES string of the molecule is CC(C)c1ccc(CCNC=O)c(CCC2CC2)c1. The van der Waals surface area contributed by atoms with Gasteiger partial charge in [-0.25, -0.2) is 0 Å². The second-order valence-corrected chi connectivity index (χ2v) is 5.99. The molecule has 1 saturated carbocycles. The minimum atomic E-state index is 0.585. The molecule has 0 spiro atoms. The number of hydrogen-bond acceptors (Lipinski definition) is 1. The Morgan fingerprint density at radius 2 is 2.05 bits per heavy atom. The van der Waals surface area contributed by atoms with Crippen LogP contribution >= 0.6 is 0 Å². The monoisotopic (exact) mass is 259 g/mol. The predicted octanol–water partition coefficient (Wildman–Crippen LogP) is 3.44. The van der Waals surface area contributed by atoms with Gasteiger partial charge in [-0.05, 0) is 47.8 Å². The first-order valence-electron chi connectivity index (χ1n) is 7.49. The van der Waals surface area contributed by atoms with E-state index in [9.17, 15) is 4.79 Å². The number of carbonyl (C=O) groups excluding carboxylic acids is 1. The van der Waals surface area contributed by atoms with Crippen LogP contribution in [0.3, 0.4) is 0 Å². The van der Waals surface area contributed by atoms with Crippen molar-refractivity contribution in [2.24, 2.45) is 5.92 Å². The fourth-order valence-electron chi connectivity index (χ4n) is 2.51. The standard InChI is InChI=1S/C17H25NO/c1-13(2)16-8-7-15(9-10-18-12-19)17(11-16)6-5-14-3-4-14/h7-8,11-14H,3-6,9-10H2,1-2H3,(H,18,19). The molecule has 1 amide bonds. The summed E-state index contributed by atoms with van der Waals surface area (Å²) >= 11 is 0. The third-order valence-electron chi connectivity index (χ3n) is 4.04. The van der Waals surface area contributed by atoms with E-state index >= 15 is 0 Å². The van der Waals surface area contributed by atoms with Gasteiger partial charge in [-0.2, -0.15) is 0 Å². The molecule has 2 nitrogen and oxygen atoms in total. The van der Waals surface area contributed by atoms with Crippen molar-refractivity contribution in [1.82, 2.24) is 5.32 Å². The molecule has 1 aliphatic rings. The van der Waals surface area contributed by atoms with E-state index in [-0.39, 0.29) is 0 Å². The third-order valence-corrected chi connectivity index (χ3v) is 4.04. The summed E-state index contributed by atoms with van der Waals surface area (Å²) in [6, 6.07) is 6.87. The maximum Gasteiger partial charge on any atom is 0.207 e. The Balaban J connectivity index is 2.06. The molecule has 1 aromatic rings. The minimum Gasteiger partial charge on any atom is -0.358 e. The van der Waals surface area contributed by atoms with E-state index in [0.717, 1.165) is 25.3 Å². The first-order chi connectivity index (χ1) is 9.20. The van der Waals surface area contributed by atoms with E-state index in [1.54, 1.807) is 0 Å². The molecule has 2 rings (SSSR count). The highest BCUT2D eigenvalue weighted by Crippen LogP contribution is 2.34. The van der Waals surface area contributed by atoms with E-state index in [2.05, 4.69) is 37.4 Å². The maximum absolute atomic E-state index is 10.3. The van der Waals surface area contributed by atoms with Gasteiger partial charge >= 0.3 is 0 Å². The van der Waals surface area contributed by atoms with Gasteiger partial charge < -0.3 is 5.32 Å². The first-order valence-corrected chi connectivity index (χ1v) is 7.49. The van der Waals surface area contributed by atoms with E-state index in [1.165, 1.54) is 42.4 Å². The lowest BCUT2D eigenvalue weighted by atomic mass is 9.93. The highest BCUT2D eigenvalue weighted by Gasteiger charge is 2.21. The lowest BCUT2D eigenvalue weighted by Crippen LogP contribution is -2.15. The fourth-order valence-corrected chi connectivity index (χ4v) is 2.51. The Kier molecular flexibility index (Phi) is 5.00. The number of nitrogens with one attached hydrogen (secondary N) is 1. The Bertz CT molecular complexity index is 421. The first kappa shape index (κ1) is 14.1. The van der Waals surface area contributed by atoms with E-state index in [0.29, 0.717) is 5.92 Å². The lowest BCUT2D eigenvalue weighted by Gasteiger charge is -2.14. The van der Waals surface area contributed by atoms with Gasteiger partial charge in [-0.15, -0.1) is 0 Å². The zero-order chi connectivity index (χ0) is 13.7. The molecular formula is C17H25NO. The Morgan fingerprint density at radius 3 is 2.68 bits per heavy atom. The molecule has 0 radical (unpaired) electrons. The molecule has 1 aromatic carbocycles. The summed E-state index contributed by atoms with van der Waals surface area (Å²) in [5, 5.41) is 2.76. The molecule has 0 atom stereocenters. The number of rotatable bonds is 8. The molecule has 0 unspecified atom stereocenters. The van der Waals surface area contributed by atoms with Gasteiger partial charge in [0.15, 0.2) is 0 Å². The largest absolute Gasteiger partial charge is 0.358 e. The van der Waals surface area contributed by atoms with Crippen LogP contribution in [0, 0.1) is 5.92 Å². The molecule has 1 fully saturated rings. The maximum atomic E-state index is 10.3. The number of carbonyl (C=O) groups is 1. The second kappa shape index (κ2) is 6.74. The van der Waals surface area contributed by atoms with Crippen molar-refractivity contribution in [2.45, 2.75) is 51.9 Å². The summed E-state index contributed by atoms with van der Waals surface area (Å²) in [6.07, 6.45) is 7.10.